The summed E-state index contributed by atoms with van der Waals surface area (Å²) < 4.78 is 0. The molecule has 2 aromatic carbocycles. The average Bonchev–Trinajstić information content (AvgIpc) is 2.54. The van der Waals surface area contributed by atoms with E-state index in [1.165, 1.54) is 12.3 Å². The van der Waals surface area contributed by atoms with E-state index in [1.807, 2.05) is 30.3 Å². The van der Waals surface area contributed by atoms with Crippen LogP contribution in [0.25, 0.3) is 0 Å². The minimum Gasteiger partial charge on any atom is -0.478 e. The van der Waals surface area contributed by atoms with Crippen LogP contribution in [0.5, 0.6) is 0 Å². The molecule has 0 bridgehead atoms. The van der Waals surface area contributed by atoms with E-state index >= 15 is 0 Å². The minimum atomic E-state index is -1.04. The zero-order valence-corrected chi connectivity index (χ0v) is 11.7. The topological polar surface area (TPSA) is 90.8 Å². The Kier molecular flexibility index (Phi) is 5.25. The van der Waals surface area contributed by atoms with Crippen LogP contribution in [0, 0.1) is 0 Å². The summed E-state index contributed by atoms with van der Waals surface area (Å²) in [5, 5.41) is 15.7. The van der Waals surface area contributed by atoms with Crippen molar-refractivity contribution in [3.05, 3.63) is 65.7 Å². The van der Waals surface area contributed by atoms with E-state index in [4.69, 9.17) is 5.11 Å². The molecule has 0 aromatic heterocycles. The van der Waals surface area contributed by atoms with Crippen LogP contribution in [0.3, 0.4) is 0 Å². The van der Waals surface area contributed by atoms with Gasteiger partial charge >= 0.3 is 5.97 Å². The van der Waals surface area contributed by atoms with Gasteiger partial charge in [-0.15, -0.1) is 0 Å². The van der Waals surface area contributed by atoms with Gasteiger partial charge in [-0.3, -0.25) is 4.79 Å². The summed E-state index contributed by atoms with van der Waals surface area (Å²) in [6.07, 6.45) is 1.31. The van der Waals surface area contributed by atoms with Crippen molar-refractivity contribution in [2.45, 2.75) is 0 Å². The monoisotopic (exact) mass is 297 g/mol. The number of carbonyl (C=O) groups is 2. The predicted octanol–water partition coefficient (Wildman–Crippen LogP) is 1.95. The van der Waals surface area contributed by atoms with Crippen LogP contribution in [0.4, 0.5) is 5.69 Å². The standard InChI is InChI=1S/C16H15N3O3/c20-15(11-17-13-7-2-1-3-8-13)19-18-10-12-6-4-5-9-14(12)16(21)22/h1-10,17H,11H2,(H,19,20)(H,21,22)/b18-10+. The highest BCUT2D eigenvalue weighted by atomic mass is 16.4. The van der Waals surface area contributed by atoms with Crippen LogP contribution in [-0.2, 0) is 4.79 Å². The molecule has 6 nitrogen and oxygen atoms in total. The molecule has 0 radical (unpaired) electrons. The molecule has 1 amide bonds. The molecule has 0 unspecified atom stereocenters. The van der Waals surface area contributed by atoms with Crippen molar-refractivity contribution in [2.75, 3.05) is 11.9 Å². The molecule has 0 atom stereocenters. The lowest BCUT2D eigenvalue weighted by Gasteiger charge is -2.04. The van der Waals surface area contributed by atoms with Gasteiger partial charge < -0.3 is 10.4 Å². The lowest BCUT2D eigenvalue weighted by Crippen LogP contribution is -2.25. The van der Waals surface area contributed by atoms with Crippen molar-refractivity contribution in [3.63, 3.8) is 0 Å². The van der Waals surface area contributed by atoms with E-state index in [1.54, 1.807) is 18.2 Å². The quantitative estimate of drug-likeness (QED) is 0.561. The summed E-state index contributed by atoms with van der Waals surface area (Å²) in [6.45, 7) is 0.0714. The fraction of sp³-hybridized carbons (Fsp3) is 0.0625. The number of hydrogen-bond donors (Lipinski definition) is 3. The Morgan fingerprint density at radius 1 is 1.05 bits per heavy atom. The largest absolute Gasteiger partial charge is 0.478 e. The number of anilines is 1. The molecule has 0 saturated heterocycles. The van der Waals surface area contributed by atoms with E-state index in [9.17, 15) is 9.59 Å². The molecule has 0 aliphatic carbocycles. The van der Waals surface area contributed by atoms with E-state index in [0.29, 0.717) is 5.56 Å². The molecule has 22 heavy (non-hydrogen) atoms. The lowest BCUT2D eigenvalue weighted by atomic mass is 10.1. The molecule has 0 aliphatic rings. The van der Waals surface area contributed by atoms with Crippen molar-refractivity contribution in [2.24, 2.45) is 5.10 Å². The summed E-state index contributed by atoms with van der Waals surface area (Å²) in [4.78, 5) is 22.6. The number of benzene rings is 2. The second-order valence-corrected chi connectivity index (χ2v) is 4.41. The lowest BCUT2D eigenvalue weighted by molar-refractivity contribution is -0.119. The van der Waals surface area contributed by atoms with Gasteiger partial charge in [-0.05, 0) is 18.2 Å². The Balaban J connectivity index is 1.87. The Morgan fingerprint density at radius 3 is 2.45 bits per heavy atom. The molecule has 112 valence electrons. The van der Waals surface area contributed by atoms with Gasteiger partial charge in [-0.1, -0.05) is 36.4 Å². The Labute approximate surface area is 127 Å². The van der Waals surface area contributed by atoms with Gasteiger partial charge in [0.05, 0.1) is 18.3 Å². The second-order valence-electron chi connectivity index (χ2n) is 4.41. The molecule has 0 saturated carbocycles. The zero-order chi connectivity index (χ0) is 15.8. The maximum Gasteiger partial charge on any atom is 0.336 e. The Morgan fingerprint density at radius 2 is 1.73 bits per heavy atom. The van der Waals surface area contributed by atoms with E-state index in [0.717, 1.165) is 5.69 Å². The smallest absolute Gasteiger partial charge is 0.336 e. The van der Waals surface area contributed by atoms with E-state index in [2.05, 4.69) is 15.8 Å². The number of hydrogen-bond acceptors (Lipinski definition) is 4. The van der Waals surface area contributed by atoms with Gasteiger partial charge in [0.2, 0.25) is 0 Å². The normalized spacial score (nSPS) is 10.4. The maximum absolute atomic E-state index is 11.6. The van der Waals surface area contributed by atoms with E-state index in [-0.39, 0.29) is 18.0 Å². The summed E-state index contributed by atoms with van der Waals surface area (Å²) in [7, 11) is 0. The van der Waals surface area contributed by atoms with Crippen LogP contribution in [-0.4, -0.2) is 29.7 Å². The van der Waals surface area contributed by atoms with Crippen molar-refractivity contribution in [3.8, 4) is 0 Å². The third kappa shape index (κ3) is 4.45. The average molecular weight is 297 g/mol. The van der Waals surface area contributed by atoms with Gasteiger partial charge in [0, 0.05) is 11.3 Å². The second kappa shape index (κ2) is 7.58. The number of hydrazone groups is 1. The Bertz CT molecular complexity index is 684. The first-order valence-electron chi connectivity index (χ1n) is 6.60. The van der Waals surface area contributed by atoms with Crippen LogP contribution in [0.2, 0.25) is 0 Å². The highest BCUT2D eigenvalue weighted by molar-refractivity contribution is 5.98. The van der Waals surface area contributed by atoms with Crippen LogP contribution < -0.4 is 10.7 Å². The molecule has 3 N–H and O–H groups in total. The molecule has 0 aliphatic heterocycles. The molecule has 0 spiro atoms. The van der Waals surface area contributed by atoms with Crippen molar-refractivity contribution >= 4 is 23.8 Å². The molecule has 2 rings (SSSR count). The van der Waals surface area contributed by atoms with Gasteiger partial charge in [-0.2, -0.15) is 5.10 Å². The SMILES string of the molecule is O=C(CNc1ccccc1)N/N=C/c1ccccc1C(=O)O. The molecule has 2 aromatic rings. The fourth-order valence-electron chi connectivity index (χ4n) is 1.76. The predicted molar refractivity (Wildman–Crippen MR) is 84.1 cm³/mol. The first-order valence-corrected chi connectivity index (χ1v) is 6.60. The minimum absolute atomic E-state index is 0.0714. The number of para-hydroxylation sites is 1. The molecule has 0 heterocycles. The number of nitrogens with zero attached hydrogens (tertiary/aromatic N) is 1. The number of nitrogens with one attached hydrogen (secondary N) is 2. The third-order valence-corrected chi connectivity index (χ3v) is 2.81. The van der Waals surface area contributed by atoms with Gasteiger partial charge in [0.1, 0.15) is 0 Å². The molecule has 0 fully saturated rings. The van der Waals surface area contributed by atoms with Gasteiger partial charge in [-0.25, -0.2) is 10.2 Å². The number of carboxylic acid groups (broad SMARTS) is 1. The summed E-state index contributed by atoms with van der Waals surface area (Å²) in [5.74, 6) is -1.37. The zero-order valence-electron chi connectivity index (χ0n) is 11.7. The molecular weight excluding hydrogens is 282 g/mol. The summed E-state index contributed by atoms with van der Waals surface area (Å²) in [6, 6.07) is 15.7. The van der Waals surface area contributed by atoms with Crippen LogP contribution in [0.1, 0.15) is 15.9 Å². The van der Waals surface area contributed by atoms with Crippen molar-refractivity contribution in [1.82, 2.24) is 5.43 Å². The van der Waals surface area contributed by atoms with Gasteiger partial charge in [0.25, 0.3) is 5.91 Å². The summed E-state index contributed by atoms with van der Waals surface area (Å²) in [5.41, 5.74) is 3.72. The highest BCUT2D eigenvalue weighted by Crippen LogP contribution is 2.06. The van der Waals surface area contributed by atoms with Crippen LogP contribution in [0.15, 0.2) is 59.7 Å². The molecule has 6 heteroatoms. The highest BCUT2D eigenvalue weighted by Gasteiger charge is 2.06. The maximum atomic E-state index is 11.6. The first kappa shape index (κ1) is 15.2. The van der Waals surface area contributed by atoms with Crippen LogP contribution >= 0.6 is 0 Å². The fourth-order valence-corrected chi connectivity index (χ4v) is 1.76. The number of amides is 1. The number of aromatic carboxylic acids is 1. The third-order valence-electron chi connectivity index (χ3n) is 2.81. The number of carboxylic acids is 1. The number of carbonyl (C=O) groups excluding carboxylic acids is 1. The first-order chi connectivity index (χ1) is 10.7. The molecular formula is C16H15N3O3. The Hall–Kier alpha value is -3.15. The van der Waals surface area contributed by atoms with E-state index < -0.39 is 5.97 Å². The number of rotatable bonds is 6. The van der Waals surface area contributed by atoms with Crippen molar-refractivity contribution < 1.29 is 14.7 Å². The van der Waals surface area contributed by atoms with Crippen molar-refractivity contribution in [1.29, 1.82) is 0 Å². The summed E-state index contributed by atoms with van der Waals surface area (Å²) >= 11 is 0. The van der Waals surface area contributed by atoms with Gasteiger partial charge in [0.15, 0.2) is 0 Å².